The Kier molecular flexibility index (Phi) is 20.2. The number of unbranched alkanes of at least 4 members (excludes halogenated alkanes) is 2. The van der Waals surface area contributed by atoms with Crippen LogP contribution in [0.1, 0.15) is 118 Å². The summed E-state index contributed by atoms with van der Waals surface area (Å²) in [6.07, 6.45) is 4.91. The fraction of sp³-hybridized carbons (Fsp3) is 0.481. The summed E-state index contributed by atoms with van der Waals surface area (Å²) in [5.41, 5.74) is 12.7. The van der Waals surface area contributed by atoms with E-state index in [-0.39, 0.29) is 69.6 Å². The minimum absolute atomic E-state index is 0.00701. The topological polar surface area (TPSA) is 294 Å². The Hall–Kier alpha value is -7.07. The minimum Gasteiger partial charge on any atom is -0.490 e. The molecule has 3 atom stereocenters. The van der Waals surface area contributed by atoms with Crippen LogP contribution in [0.15, 0.2) is 58.6 Å². The third-order valence-electron chi connectivity index (χ3n) is 13.5. The molecule has 10 N–H and O–H groups in total. The molecule has 2 aromatic heterocycles. The Morgan fingerprint density at radius 3 is 2.32 bits per heavy atom. The summed E-state index contributed by atoms with van der Waals surface area (Å²) in [6, 6.07) is 11.3. The summed E-state index contributed by atoms with van der Waals surface area (Å²) >= 11 is 0. The van der Waals surface area contributed by atoms with E-state index in [0.29, 0.717) is 59.6 Å². The Morgan fingerprint density at radius 2 is 1.60 bits per heavy atom. The van der Waals surface area contributed by atoms with Crippen LogP contribution in [-0.2, 0) is 70.7 Å². The highest BCUT2D eigenvalue weighted by Crippen LogP contribution is 2.43. The molecule has 0 bridgehead atoms. The number of fused-ring (bicyclic) bond motifs is 5. The highest BCUT2D eigenvalue weighted by molar-refractivity contribution is 5.94. The van der Waals surface area contributed by atoms with Crippen LogP contribution in [0.25, 0.3) is 22.3 Å². The van der Waals surface area contributed by atoms with E-state index < -0.39 is 54.0 Å². The predicted octanol–water partition coefficient (Wildman–Crippen LogP) is 2.52. The van der Waals surface area contributed by atoms with Crippen molar-refractivity contribution >= 4 is 46.3 Å². The third-order valence-corrected chi connectivity index (χ3v) is 13.5. The number of allylic oxidation sites excluding steroid dienone is 1. The van der Waals surface area contributed by atoms with Gasteiger partial charge in [-0.2, -0.15) is 0 Å². The first kappa shape index (κ1) is 57.2. The van der Waals surface area contributed by atoms with E-state index in [4.69, 9.17) is 20.2 Å². The van der Waals surface area contributed by atoms with Gasteiger partial charge in [0.15, 0.2) is 0 Å². The lowest BCUT2D eigenvalue weighted by atomic mass is 9.85. The summed E-state index contributed by atoms with van der Waals surface area (Å²) in [4.78, 5) is 90.4. The number of amides is 6. The van der Waals surface area contributed by atoms with Gasteiger partial charge in [0.05, 0.1) is 55.3 Å². The average molecular weight is 1040 g/mol. The van der Waals surface area contributed by atoms with Crippen LogP contribution < -0.4 is 43.2 Å². The average Bonchev–Trinajstić information content (AvgIpc) is 3.76. The number of nitrogens with zero attached hydrogens (tertiary/aromatic N) is 2. The quantitative estimate of drug-likeness (QED) is 0.0336. The van der Waals surface area contributed by atoms with Crippen LogP contribution in [0.4, 0.5) is 4.39 Å². The zero-order valence-corrected chi connectivity index (χ0v) is 43.3. The van der Waals surface area contributed by atoms with Gasteiger partial charge in [0, 0.05) is 41.8 Å². The second-order valence-corrected chi connectivity index (χ2v) is 19.4. The molecule has 404 valence electrons. The van der Waals surface area contributed by atoms with Crippen LogP contribution in [0, 0.1) is 12.7 Å². The van der Waals surface area contributed by atoms with E-state index in [1.165, 1.54) is 11.6 Å². The number of aryl methyl sites for hydroxylation is 2. The van der Waals surface area contributed by atoms with Crippen molar-refractivity contribution in [1.29, 1.82) is 0 Å². The largest absolute Gasteiger partial charge is 0.490 e. The van der Waals surface area contributed by atoms with Crippen molar-refractivity contribution in [2.24, 2.45) is 5.73 Å². The number of carbonyl (C=O) groups excluding carboxylic acids is 6. The number of aliphatic hydroxyl groups excluding tert-OH is 1. The minimum atomic E-state index is -1.04. The zero-order valence-electron chi connectivity index (χ0n) is 43.3. The van der Waals surface area contributed by atoms with Gasteiger partial charge < -0.3 is 56.6 Å². The fourth-order valence-electron chi connectivity index (χ4n) is 9.11. The van der Waals surface area contributed by atoms with Crippen LogP contribution in [0.3, 0.4) is 0 Å². The van der Waals surface area contributed by atoms with Crippen molar-refractivity contribution in [3.63, 3.8) is 0 Å². The fourth-order valence-corrected chi connectivity index (χ4v) is 9.11. The number of pyridine rings is 2. The molecule has 0 radical (unpaired) electrons. The molecule has 4 heterocycles. The predicted molar refractivity (Wildman–Crippen MR) is 277 cm³/mol. The molecule has 0 spiro atoms. The molecule has 3 unspecified atom stereocenters. The molecule has 2 aliphatic heterocycles. The Bertz CT molecular complexity index is 2870. The molecule has 6 amide bonds. The van der Waals surface area contributed by atoms with Gasteiger partial charge in [-0.25, -0.2) is 9.37 Å². The summed E-state index contributed by atoms with van der Waals surface area (Å²) in [5, 5.41) is 37.2. The number of benzene rings is 2. The molecule has 2 aromatic carbocycles. The van der Waals surface area contributed by atoms with Crippen molar-refractivity contribution in [3.8, 4) is 11.4 Å². The van der Waals surface area contributed by atoms with E-state index in [2.05, 4.69) is 31.9 Å². The van der Waals surface area contributed by atoms with E-state index >= 15 is 0 Å². The van der Waals surface area contributed by atoms with Crippen LogP contribution in [0.5, 0.6) is 0 Å². The maximum absolute atomic E-state index is 14.6. The van der Waals surface area contributed by atoms with Crippen LogP contribution in [0.2, 0.25) is 0 Å². The Labute approximate surface area is 434 Å². The molecule has 1 aliphatic carbocycles. The number of halogens is 1. The highest BCUT2D eigenvalue weighted by Gasteiger charge is 2.35. The highest BCUT2D eigenvalue weighted by atomic mass is 19.1. The monoisotopic (exact) mass is 1040 g/mol. The molecule has 21 heteroatoms. The van der Waals surface area contributed by atoms with Crippen LogP contribution >= 0.6 is 0 Å². The number of hydrogen-bond acceptors (Lipinski definition) is 13. The number of nitrogens with one attached hydrogen (secondary N) is 6. The maximum Gasteiger partial charge on any atom is 0.258 e. The van der Waals surface area contributed by atoms with Crippen molar-refractivity contribution in [2.75, 3.05) is 39.5 Å². The molecule has 20 nitrogen and oxygen atoms in total. The summed E-state index contributed by atoms with van der Waals surface area (Å²) < 4.78 is 27.1. The van der Waals surface area contributed by atoms with Gasteiger partial charge in [-0.3, -0.25) is 38.9 Å². The number of rotatable bonds is 23. The molecule has 0 saturated heterocycles. The van der Waals surface area contributed by atoms with Gasteiger partial charge in [-0.15, -0.1) is 0 Å². The van der Waals surface area contributed by atoms with E-state index in [9.17, 15) is 48.2 Å². The van der Waals surface area contributed by atoms with E-state index in [1.807, 2.05) is 33.8 Å². The molecule has 4 aromatic rings. The molecular weight excluding hydrogens is 970 g/mol. The molecule has 0 fully saturated rings. The van der Waals surface area contributed by atoms with Gasteiger partial charge in [-0.1, -0.05) is 43.7 Å². The van der Waals surface area contributed by atoms with Crippen molar-refractivity contribution < 1.29 is 52.8 Å². The summed E-state index contributed by atoms with van der Waals surface area (Å²) in [7, 11) is 0. The number of nitrogens with two attached hydrogens (primary N) is 1. The van der Waals surface area contributed by atoms with Crippen molar-refractivity contribution in [1.82, 2.24) is 41.5 Å². The van der Waals surface area contributed by atoms with E-state index in [1.54, 1.807) is 41.8 Å². The van der Waals surface area contributed by atoms with Crippen molar-refractivity contribution in [2.45, 2.75) is 130 Å². The normalized spacial score (nSPS) is 15.1. The molecule has 0 saturated carbocycles. The first-order chi connectivity index (χ1) is 35.8. The zero-order chi connectivity index (χ0) is 54.4. The van der Waals surface area contributed by atoms with Crippen molar-refractivity contribution in [3.05, 3.63) is 109 Å². The van der Waals surface area contributed by atoms with E-state index in [0.717, 1.165) is 65.4 Å². The molecule has 3 aliphatic rings. The van der Waals surface area contributed by atoms with Gasteiger partial charge >= 0.3 is 0 Å². The molecule has 7 rings (SSSR count). The number of aliphatic hydroxyl groups is 2. The lowest BCUT2D eigenvalue weighted by Crippen LogP contribution is -2.52. The molecular formula is C54H70FN9O11. The van der Waals surface area contributed by atoms with Gasteiger partial charge in [0.2, 0.25) is 35.4 Å². The van der Waals surface area contributed by atoms with Gasteiger partial charge in [-0.05, 0) is 107 Å². The first-order valence-electron chi connectivity index (χ1n) is 25.4. The summed E-state index contributed by atoms with van der Waals surface area (Å²) in [6.45, 7) is 9.18. The summed E-state index contributed by atoms with van der Waals surface area (Å²) in [5.74, 6) is -2.93. The second kappa shape index (κ2) is 26.4. The number of primary amides is 1. The van der Waals surface area contributed by atoms with Gasteiger partial charge in [0.25, 0.3) is 5.56 Å². The Morgan fingerprint density at radius 1 is 0.907 bits per heavy atom. The number of hydrogen-bond donors (Lipinski definition) is 9. The van der Waals surface area contributed by atoms with Crippen LogP contribution in [-0.4, -0.2) is 106 Å². The molecule has 75 heavy (non-hydrogen) atoms. The maximum atomic E-state index is 14.6. The third kappa shape index (κ3) is 15.3. The number of carbonyl (C=O) groups is 6. The lowest BCUT2D eigenvalue weighted by molar-refractivity contribution is -0.131. The Balaban J connectivity index is 0.000000256. The smallest absolute Gasteiger partial charge is 0.258 e. The first-order valence-corrected chi connectivity index (χ1v) is 25.4. The van der Waals surface area contributed by atoms with Gasteiger partial charge in [0.1, 0.15) is 42.8 Å². The number of ether oxygens (including phenoxy) is 2. The lowest BCUT2D eigenvalue weighted by Gasteiger charge is -2.26. The SMILES string of the molecule is CC(C)=C1OCc2c(cc3n(c2=O)Cc2c-3nc3cc(F)c(C)c4c3c2CCC4)C1O.CCC(C)(O)NCCCCCC(=O)NCC(=O)NCC(=O)NC(Cc1ccccc1)C(=O)NCC(=O)NCOCCC(N)=O. The standard InChI is InChI=1S/C29H47N7O8.C25H23FN2O3/c1-3-29(2,43)35-14-9-5-8-12-24(38)31-17-25(39)32-19-27(41)36-22(16-21-10-6-4-7-11-21)28(42)33-18-26(40)34-20-44-15-13-23(30)37;1-11(2)24-23(29)15-7-20-22-16(9-28(20)25(30)17(15)10-31-24)14-6-4-5-13-12(3)18(26)8-19(27-22)21(13)14/h4,6-7,10-11,22,35,43H,3,5,8-9,12-20H2,1-2H3,(H2,30,37)(H,31,38)(H,32,39)(H,33,42)(H,34,40)(H,36,41);7-8,23,29H,4-6,9-10H2,1-3H3. The second-order valence-electron chi connectivity index (χ2n) is 19.4. The number of aromatic nitrogens is 2.